The van der Waals surface area contributed by atoms with Gasteiger partial charge in [0.15, 0.2) is 6.29 Å². The van der Waals surface area contributed by atoms with E-state index in [0.29, 0.717) is 26.2 Å². The topological polar surface area (TPSA) is 27.7 Å². The molecule has 3 heteroatoms. The van der Waals surface area contributed by atoms with Crippen LogP contribution in [0.5, 0.6) is 0 Å². The van der Waals surface area contributed by atoms with Gasteiger partial charge >= 0.3 is 0 Å². The molecule has 19 heavy (non-hydrogen) atoms. The first-order valence-corrected chi connectivity index (χ1v) is 6.70. The van der Waals surface area contributed by atoms with Crippen molar-refractivity contribution < 1.29 is 14.2 Å². The Balaban J connectivity index is 1.74. The quantitative estimate of drug-likeness (QED) is 0.706. The summed E-state index contributed by atoms with van der Waals surface area (Å²) in [5.74, 6) is 2.67. The fraction of sp³-hybridized carbons (Fsp3) is 0.500. The highest BCUT2D eigenvalue weighted by molar-refractivity contribution is 5.13. The van der Waals surface area contributed by atoms with Gasteiger partial charge in [0.2, 0.25) is 0 Å². The van der Waals surface area contributed by atoms with E-state index in [1.54, 1.807) is 0 Å². The lowest BCUT2D eigenvalue weighted by molar-refractivity contribution is -0.0601. The van der Waals surface area contributed by atoms with Crippen LogP contribution in [0.15, 0.2) is 30.3 Å². The van der Waals surface area contributed by atoms with Crippen LogP contribution in [0.2, 0.25) is 0 Å². The smallest absolute Gasteiger partial charge is 0.157 e. The van der Waals surface area contributed by atoms with Gasteiger partial charge in [0.1, 0.15) is 0 Å². The lowest BCUT2D eigenvalue weighted by Gasteiger charge is -2.17. The Bertz CT molecular complexity index is 390. The number of hydrogen-bond acceptors (Lipinski definition) is 3. The van der Waals surface area contributed by atoms with Crippen LogP contribution in [0.4, 0.5) is 0 Å². The van der Waals surface area contributed by atoms with Crippen molar-refractivity contribution in [2.24, 2.45) is 0 Å². The van der Waals surface area contributed by atoms with Crippen molar-refractivity contribution in [3.05, 3.63) is 35.9 Å². The summed E-state index contributed by atoms with van der Waals surface area (Å²) >= 11 is 0. The van der Waals surface area contributed by atoms with Crippen molar-refractivity contribution >= 4 is 0 Å². The lowest BCUT2D eigenvalue weighted by atomic mass is 10.1. The molecule has 102 valence electrons. The van der Waals surface area contributed by atoms with Crippen LogP contribution in [-0.4, -0.2) is 25.6 Å². The van der Waals surface area contributed by atoms with Crippen LogP contribution in [0.3, 0.4) is 0 Å². The summed E-state index contributed by atoms with van der Waals surface area (Å²) < 4.78 is 16.7. The van der Waals surface area contributed by atoms with Gasteiger partial charge in [-0.05, 0) is 12.0 Å². The molecule has 0 saturated carbocycles. The lowest BCUT2D eigenvalue weighted by Crippen LogP contribution is -2.17. The maximum absolute atomic E-state index is 5.87. The first kappa shape index (κ1) is 14.1. The second-order valence-corrected chi connectivity index (χ2v) is 4.58. The average Bonchev–Trinajstić information content (AvgIpc) is 2.96. The molecule has 1 saturated heterocycles. The average molecular weight is 260 g/mol. The number of benzene rings is 1. The van der Waals surface area contributed by atoms with Crippen molar-refractivity contribution in [1.82, 2.24) is 0 Å². The summed E-state index contributed by atoms with van der Waals surface area (Å²) in [5, 5.41) is 0. The molecule has 1 fully saturated rings. The molecule has 0 aromatic heterocycles. The van der Waals surface area contributed by atoms with E-state index in [9.17, 15) is 0 Å². The van der Waals surface area contributed by atoms with E-state index in [0.717, 1.165) is 18.4 Å². The van der Waals surface area contributed by atoms with Gasteiger partial charge in [-0.3, -0.25) is 0 Å². The molecule has 0 bridgehead atoms. The highest BCUT2D eigenvalue weighted by Crippen LogP contribution is 2.16. The third kappa shape index (κ3) is 5.04. The van der Waals surface area contributed by atoms with Crippen LogP contribution in [0.25, 0.3) is 0 Å². The second-order valence-electron chi connectivity index (χ2n) is 4.58. The minimum atomic E-state index is -0.0828. The number of terminal acetylenes is 1. The van der Waals surface area contributed by atoms with E-state index in [1.807, 2.05) is 18.2 Å². The van der Waals surface area contributed by atoms with Gasteiger partial charge in [-0.15, -0.1) is 12.3 Å². The molecule has 0 spiro atoms. The molecule has 0 radical (unpaired) electrons. The second kappa shape index (κ2) is 7.96. The molecule has 1 aromatic carbocycles. The van der Waals surface area contributed by atoms with Crippen LogP contribution in [-0.2, 0) is 20.8 Å². The standard InChI is InChI=1S/C16H20O3/c1-2-6-15(9-10-16-17-11-12-18-16)19-13-14-7-4-3-5-8-14/h1,3-5,7-8,15-16H,6,9-13H2. The predicted molar refractivity (Wildman–Crippen MR) is 73.4 cm³/mol. The van der Waals surface area contributed by atoms with E-state index in [2.05, 4.69) is 18.1 Å². The van der Waals surface area contributed by atoms with Gasteiger partial charge in [0.25, 0.3) is 0 Å². The number of ether oxygens (including phenoxy) is 3. The Kier molecular flexibility index (Phi) is 5.90. The van der Waals surface area contributed by atoms with Crippen molar-refractivity contribution in [2.75, 3.05) is 13.2 Å². The first-order valence-electron chi connectivity index (χ1n) is 6.70. The normalized spacial score (nSPS) is 17.2. The summed E-state index contributed by atoms with van der Waals surface area (Å²) in [6.45, 7) is 1.98. The van der Waals surface area contributed by atoms with Crippen molar-refractivity contribution in [3.63, 3.8) is 0 Å². The zero-order chi connectivity index (χ0) is 13.3. The summed E-state index contributed by atoms with van der Waals surface area (Å²) in [6.07, 6.45) is 7.70. The van der Waals surface area contributed by atoms with Gasteiger partial charge < -0.3 is 14.2 Å². The Morgan fingerprint density at radius 2 is 2.00 bits per heavy atom. The monoisotopic (exact) mass is 260 g/mol. The van der Waals surface area contributed by atoms with E-state index in [-0.39, 0.29) is 12.4 Å². The minimum absolute atomic E-state index is 0.0676. The van der Waals surface area contributed by atoms with E-state index in [4.69, 9.17) is 20.6 Å². The van der Waals surface area contributed by atoms with Crippen LogP contribution >= 0.6 is 0 Å². The molecule has 2 rings (SSSR count). The minimum Gasteiger partial charge on any atom is -0.373 e. The molecule has 1 aromatic rings. The highest BCUT2D eigenvalue weighted by Gasteiger charge is 2.18. The zero-order valence-corrected chi connectivity index (χ0v) is 11.1. The van der Waals surface area contributed by atoms with Crippen molar-refractivity contribution in [1.29, 1.82) is 0 Å². The van der Waals surface area contributed by atoms with Crippen molar-refractivity contribution in [3.8, 4) is 12.3 Å². The largest absolute Gasteiger partial charge is 0.373 e. The maximum atomic E-state index is 5.87. The molecule has 0 amide bonds. The summed E-state index contributed by atoms with van der Waals surface area (Å²) in [5.41, 5.74) is 1.16. The van der Waals surface area contributed by atoms with Crippen LogP contribution in [0.1, 0.15) is 24.8 Å². The molecule has 0 aliphatic carbocycles. The Morgan fingerprint density at radius 1 is 1.26 bits per heavy atom. The third-order valence-corrected chi connectivity index (χ3v) is 3.09. The van der Waals surface area contributed by atoms with Gasteiger partial charge in [-0.1, -0.05) is 30.3 Å². The molecular weight excluding hydrogens is 240 g/mol. The van der Waals surface area contributed by atoms with Crippen LogP contribution in [0, 0.1) is 12.3 Å². The first-order chi connectivity index (χ1) is 9.38. The van der Waals surface area contributed by atoms with Gasteiger partial charge in [-0.25, -0.2) is 0 Å². The summed E-state index contributed by atoms with van der Waals surface area (Å²) in [6, 6.07) is 10.1. The molecule has 0 N–H and O–H groups in total. The molecule has 1 aliphatic rings. The third-order valence-electron chi connectivity index (χ3n) is 3.09. The van der Waals surface area contributed by atoms with Crippen LogP contribution < -0.4 is 0 Å². The highest BCUT2D eigenvalue weighted by atomic mass is 16.7. The molecular formula is C16H20O3. The maximum Gasteiger partial charge on any atom is 0.157 e. The fourth-order valence-electron chi connectivity index (χ4n) is 2.06. The Hall–Kier alpha value is -1.34. The molecule has 1 unspecified atom stereocenters. The molecule has 1 heterocycles. The zero-order valence-electron chi connectivity index (χ0n) is 11.1. The Morgan fingerprint density at radius 3 is 2.68 bits per heavy atom. The molecule has 1 aliphatic heterocycles. The predicted octanol–water partition coefficient (Wildman–Crippen LogP) is 2.75. The van der Waals surface area contributed by atoms with Gasteiger partial charge in [0.05, 0.1) is 25.9 Å². The van der Waals surface area contributed by atoms with E-state index in [1.165, 1.54) is 0 Å². The molecule has 3 nitrogen and oxygen atoms in total. The van der Waals surface area contributed by atoms with E-state index >= 15 is 0 Å². The molecule has 1 atom stereocenters. The summed E-state index contributed by atoms with van der Waals surface area (Å²) in [4.78, 5) is 0. The Labute approximate surface area is 114 Å². The van der Waals surface area contributed by atoms with Crippen molar-refractivity contribution in [2.45, 2.75) is 38.3 Å². The van der Waals surface area contributed by atoms with Gasteiger partial charge in [-0.2, -0.15) is 0 Å². The number of hydrogen-bond donors (Lipinski definition) is 0. The number of rotatable bonds is 7. The SMILES string of the molecule is C#CCC(CCC1OCCO1)OCc1ccccc1. The van der Waals surface area contributed by atoms with E-state index < -0.39 is 0 Å². The summed E-state index contributed by atoms with van der Waals surface area (Å²) in [7, 11) is 0. The fourth-order valence-corrected chi connectivity index (χ4v) is 2.06. The van der Waals surface area contributed by atoms with Gasteiger partial charge in [0, 0.05) is 12.8 Å².